The van der Waals surface area contributed by atoms with Gasteiger partial charge in [0.25, 0.3) is 0 Å². The summed E-state index contributed by atoms with van der Waals surface area (Å²) < 4.78 is 5.16. The van der Waals surface area contributed by atoms with E-state index in [0.29, 0.717) is 24.4 Å². The topological polar surface area (TPSA) is 53.6 Å². The number of aliphatic hydroxyl groups excluding tert-OH is 2. The predicted octanol–water partition coefficient (Wildman–Crippen LogP) is 5.76. The van der Waals surface area contributed by atoms with Crippen molar-refractivity contribution in [2.24, 2.45) is 28.6 Å². The molecular weight excluding hydrogens is 348 g/mol. The maximum absolute atomic E-state index is 10.1. The number of furan rings is 1. The van der Waals surface area contributed by atoms with E-state index in [0.717, 1.165) is 44.9 Å². The fourth-order valence-electron chi connectivity index (χ4n) is 6.42. The van der Waals surface area contributed by atoms with Crippen molar-refractivity contribution in [3.8, 4) is 0 Å². The molecule has 0 bridgehead atoms. The largest absolute Gasteiger partial charge is 0.472 e. The van der Waals surface area contributed by atoms with Crippen molar-refractivity contribution < 1.29 is 14.6 Å². The van der Waals surface area contributed by atoms with Crippen LogP contribution in [0.3, 0.4) is 0 Å². The molecule has 0 radical (unpaired) electrons. The van der Waals surface area contributed by atoms with Crippen molar-refractivity contribution in [2.75, 3.05) is 13.2 Å². The minimum atomic E-state index is 0.0587. The van der Waals surface area contributed by atoms with Crippen LogP contribution in [0.1, 0.15) is 77.2 Å². The molecule has 0 spiro atoms. The van der Waals surface area contributed by atoms with Crippen LogP contribution in [-0.4, -0.2) is 23.4 Å². The number of allylic oxidation sites excluding steroid dienone is 1. The number of fused-ring (bicyclic) bond motifs is 1. The molecule has 2 saturated carbocycles. The van der Waals surface area contributed by atoms with E-state index in [9.17, 15) is 10.2 Å². The van der Waals surface area contributed by atoms with Crippen LogP contribution in [0.4, 0.5) is 0 Å². The van der Waals surface area contributed by atoms with E-state index >= 15 is 0 Å². The Hall–Kier alpha value is -1.06. The van der Waals surface area contributed by atoms with Gasteiger partial charge < -0.3 is 14.6 Å². The summed E-state index contributed by atoms with van der Waals surface area (Å²) >= 11 is 0. The third kappa shape index (κ3) is 4.74. The van der Waals surface area contributed by atoms with Gasteiger partial charge in [-0.2, -0.15) is 0 Å². The van der Waals surface area contributed by atoms with Crippen LogP contribution < -0.4 is 0 Å². The molecule has 28 heavy (non-hydrogen) atoms. The lowest BCUT2D eigenvalue weighted by molar-refractivity contribution is -0.0537. The first kappa shape index (κ1) is 21.6. The van der Waals surface area contributed by atoms with Gasteiger partial charge in [-0.05, 0) is 98.0 Å². The van der Waals surface area contributed by atoms with Crippen LogP contribution in [0.5, 0.6) is 0 Å². The Morgan fingerprint density at radius 1 is 1.29 bits per heavy atom. The van der Waals surface area contributed by atoms with E-state index in [1.54, 1.807) is 6.26 Å². The molecule has 1 aromatic heterocycles. The van der Waals surface area contributed by atoms with Crippen molar-refractivity contribution in [1.82, 2.24) is 0 Å². The van der Waals surface area contributed by atoms with Crippen molar-refractivity contribution >= 4 is 0 Å². The second kappa shape index (κ2) is 9.17. The lowest BCUT2D eigenvalue weighted by atomic mass is 9.53. The summed E-state index contributed by atoms with van der Waals surface area (Å²) in [6, 6.07) is 2.03. The molecular formula is C25H40O3. The summed E-state index contributed by atoms with van der Waals surface area (Å²) in [5.41, 5.74) is 2.97. The molecule has 1 heterocycles. The number of aryl methyl sites for hydroxylation is 1. The van der Waals surface area contributed by atoms with Gasteiger partial charge in [0.15, 0.2) is 0 Å². The van der Waals surface area contributed by atoms with Crippen molar-refractivity contribution in [2.45, 2.75) is 78.1 Å². The second-order valence-corrected chi connectivity index (χ2v) is 10.3. The molecule has 2 aliphatic rings. The van der Waals surface area contributed by atoms with E-state index in [2.05, 4.69) is 20.4 Å². The van der Waals surface area contributed by atoms with Gasteiger partial charge in [-0.1, -0.05) is 32.4 Å². The maximum Gasteiger partial charge on any atom is 0.0934 e. The zero-order valence-corrected chi connectivity index (χ0v) is 18.0. The van der Waals surface area contributed by atoms with Gasteiger partial charge in [-0.3, -0.25) is 0 Å². The molecule has 0 unspecified atom stereocenters. The Morgan fingerprint density at radius 3 is 2.79 bits per heavy atom. The van der Waals surface area contributed by atoms with Crippen LogP contribution >= 0.6 is 0 Å². The van der Waals surface area contributed by atoms with Crippen molar-refractivity contribution in [1.29, 1.82) is 0 Å². The van der Waals surface area contributed by atoms with E-state index in [1.165, 1.54) is 30.4 Å². The van der Waals surface area contributed by atoms with Crippen LogP contribution in [0, 0.1) is 28.6 Å². The minimum absolute atomic E-state index is 0.0587. The number of aliphatic hydroxyl groups is 2. The Bertz CT molecular complexity index is 622. The monoisotopic (exact) mass is 388 g/mol. The fraction of sp³-hybridized carbons (Fsp3) is 0.760. The van der Waals surface area contributed by atoms with Crippen LogP contribution in [0.2, 0.25) is 0 Å². The van der Waals surface area contributed by atoms with Crippen molar-refractivity contribution in [3.63, 3.8) is 0 Å². The van der Waals surface area contributed by atoms with Crippen molar-refractivity contribution in [3.05, 3.63) is 36.3 Å². The van der Waals surface area contributed by atoms with E-state index < -0.39 is 0 Å². The molecule has 1 aromatic rings. The van der Waals surface area contributed by atoms with Gasteiger partial charge in [0.2, 0.25) is 0 Å². The molecule has 3 rings (SSSR count). The van der Waals surface area contributed by atoms with E-state index in [4.69, 9.17) is 4.42 Å². The molecule has 0 aromatic carbocycles. The first-order valence-electron chi connectivity index (χ1n) is 11.3. The molecule has 2 N–H and O–H groups in total. The predicted molar refractivity (Wildman–Crippen MR) is 114 cm³/mol. The standard InChI is InChI=1S/C25H40O3/c1-19-8-9-23-24(2,11-5-12-25(23,3)18-27)15-22(19)14-21(16-26)7-4-6-20-10-13-28-17-20/h10,13,17,21-23,26-27H,1,4-9,11-12,14-16,18H2,2-3H3/t21-,22-,23+,24+,25-/m1/s1. The first-order chi connectivity index (χ1) is 13.4. The average Bonchev–Trinajstić information content (AvgIpc) is 3.14. The Labute approximate surface area is 171 Å². The molecule has 0 saturated heterocycles. The van der Waals surface area contributed by atoms with Gasteiger partial charge in [-0.15, -0.1) is 0 Å². The lowest BCUT2D eigenvalue weighted by Gasteiger charge is -2.52. The normalized spacial score (nSPS) is 34.6. The number of hydrogen-bond acceptors (Lipinski definition) is 3. The van der Waals surface area contributed by atoms with Crippen LogP contribution in [0.25, 0.3) is 0 Å². The van der Waals surface area contributed by atoms with Gasteiger partial charge >= 0.3 is 0 Å². The highest BCUT2D eigenvalue weighted by atomic mass is 16.3. The highest BCUT2D eigenvalue weighted by molar-refractivity contribution is 5.11. The summed E-state index contributed by atoms with van der Waals surface area (Å²) in [5.74, 6) is 1.43. The highest BCUT2D eigenvalue weighted by Gasteiger charge is 2.50. The lowest BCUT2D eigenvalue weighted by Crippen LogP contribution is -2.45. The smallest absolute Gasteiger partial charge is 0.0934 e. The SMILES string of the molecule is C=C1CC[C@@H]2[C@@](C)(CO)CCC[C@@]2(C)C[C@H]1C[C@H](CO)CCCc1ccoc1. The van der Waals surface area contributed by atoms with Gasteiger partial charge in [0, 0.05) is 13.2 Å². The highest BCUT2D eigenvalue weighted by Crippen LogP contribution is 2.58. The molecule has 2 fully saturated rings. The van der Waals surface area contributed by atoms with Crippen LogP contribution in [-0.2, 0) is 6.42 Å². The summed E-state index contributed by atoms with van der Waals surface area (Å²) in [4.78, 5) is 0. The van der Waals surface area contributed by atoms with Gasteiger partial charge in [-0.25, -0.2) is 0 Å². The van der Waals surface area contributed by atoms with E-state index in [1.807, 2.05) is 12.3 Å². The van der Waals surface area contributed by atoms with Gasteiger partial charge in [0.1, 0.15) is 0 Å². The Balaban J connectivity index is 1.63. The second-order valence-electron chi connectivity index (χ2n) is 10.3. The zero-order valence-electron chi connectivity index (χ0n) is 18.0. The molecule has 0 aliphatic heterocycles. The molecule has 5 atom stereocenters. The average molecular weight is 389 g/mol. The minimum Gasteiger partial charge on any atom is -0.472 e. The Morgan fingerprint density at radius 2 is 2.11 bits per heavy atom. The molecule has 158 valence electrons. The quantitative estimate of drug-likeness (QED) is 0.557. The molecule has 2 aliphatic carbocycles. The summed E-state index contributed by atoms with van der Waals surface area (Å²) in [6.07, 6.45) is 14.8. The third-order valence-corrected chi connectivity index (χ3v) is 8.12. The molecule has 3 heteroatoms. The molecule has 0 amide bonds. The fourth-order valence-corrected chi connectivity index (χ4v) is 6.42. The first-order valence-corrected chi connectivity index (χ1v) is 11.3. The van der Waals surface area contributed by atoms with Gasteiger partial charge in [0.05, 0.1) is 12.5 Å². The number of hydrogen-bond donors (Lipinski definition) is 2. The maximum atomic E-state index is 10.1. The van der Waals surface area contributed by atoms with Crippen LogP contribution in [0.15, 0.2) is 35.2 Å². The Kier molecular flexibility index (Phi) is 7.09. The summed E-state index contributed by atoms with van der Waals surface area (Å²) in [6.45, 7) is 9.80. The molecule has 3 nitrogen and oxygen atoms in total. The summed E-state index contributed by atoms with van der Waals surface area (Å²) in [5, 5.41) is 20.1. The number of rotatable bonds is 8. The summed E-state index contributed by atoms with van der Waals surface area (Å²) in [7, 11) is 0. The zero-order chi connectivity index (χ0) is 20.2. The third-order valence-electron chi connectivity index (χ3n) is 8.12. The van der Waals surface area contributed by atoms with E-state index in [-0.39, 0.29) is 17.4 Å².